The van der Waals surface area contributed by atoms with E-state index in [-0.39, 0.29) is 17.5 Å². The van der Waals surface area contributed by atoms with Crippen molar-refractivity contribution in [1.29, 1.82) is 0 Å². The Kier molecular flexibility index (Phi) is 7.08. The first-order valence-electron chi connectivity index (χ1n) is 11.2. The molecule has 0 atom stereocenters. The molecule has 0 aliphatic heterocycles. The number of H-pyrrole nitrogens is 1. The van der Waals surface area contributed by atoms with E-state index in [2.05, 4.69) is 21.7 Å². The Morgan fingerprint density at radius 1 is 0.912 bits per heavy atom. The highest BCUT2D eigenvalue weighted by atomic mass is 16.2. The summed E-state index contributed by atoms with van der Waals surface area (Å²) >= 11 is 0. The van der Waals surface area contributed by atoms with Crippen molar-refractivity contribution in [2.75, 3.05) is 25.5 Å². The lowest BCUT2D eigenvalue weighted by Crippen LogP contribution is -2.35. The minimum atomic E-state index is -0.333. The van der Waals surface area contributed by atoms with Gasteiger partial charge in [0.05, 0.1) is 0 Å². The van der Waals surface area contributed by atoms with Crippen LogP contribution in [0.25, 0.3) is 17.0 Å². The zero-order valence-electron chi connectivity index (χ0n) is 19.3. The van der Waals surface area contributed by atoms with E-state index >= 15 is 0 Å². The summed E-state index contributed by atoms with van der Waals surface area (Å²) < 4.78 is 0. The highest BCUT2D eigenvalue weighted by Gasteiger charge is 2.15. The van der Waals surface area contributed by atoms with E-state index < -0.39 is 0 Å². The Labute approximate surface area is 199 Å². The van der Waals surface area contributed by atoms with Crippen LogP contribution in [0.1, 0.15) is 21.5 Å². The van der Waals surface area contributed by atoms with Crippen molar-refractivity contribution in [2.24, 2.45) is 0 Å². The number of amides is 2. The molecular formula is C28H28N4O2. The smallest absolute Gasteiger partial charge is 0.267 e. The van der Waals surface area contributed by atoms with Gasteiger partial charge < -0.3 is 20.5 Å². The summed E-state index contributed by atoms with van der Waals surface area (Å²) in [5.41, 5.74) is 4.76. The lowest BCUT2D eigenvalue weighted by Gasteiger charge is -2.13. The van der Waals surface area contributed by atoms with Gasteiger partial charge in [0.2, 0.25) is 0 Å². The number of benzene rings is 3. The van der Waals surface area contributed by atoms with Gasteiger partial charge in [-0.25, -0.2) is 0 Å². The number of hydrogen-bond donors (Lipinski definition) is 3. The van der Waals surface area contributed by atoms with Crippen molar-refractivity contribution < 1.29 is 9.59 Å². The van der Waals surface area contributed by atoms with Crippen LogP contribution >= 0.6 is 0 Å². The van der Waals surface area contributed by atoms with Gasteiger partial charge in [0.25, 0.3) is 11.8 Å². The fourth-order valence-corrected chi connectivity index (χ4v) is 3.72. The van der Waals surface area contributed by atoms with E-state index in [1.807, 2.05) is 73.7 Å². The van der Waals surface area contributed by atoms with Crippen molar-refractivity contribution in [3.05, 3.63) is 107 Å². The summed E-state index contributed by atoms with van der Waals surface area (Å²) in [6, 6.07) is 24.7. The minimum absolute atomic E-state index is 0.199. The van der Waals surface area contributed by atoms with Crippen LogP contribution in [0.15, 0.2) is 90.8 Å². The van der Waals surface area contributed by atoms with E-state index in [9.17, 15) is 9.59 Å². The first-order valence-corrected chi connectivity index (χ1v) is 11.2. The van der Waals surface area contributed by atoms with Crippen LogP contribution in [0.2, 0.25) is 0 Å². The number of rotatable bonds is 8. The van der Waals surface area contributed by atoms with Crippen LogP contribution in [-0.2, 0) is 11.2 Å². The number of nitrogens with zero attached hydrogens (tertiary/aromatic N) is 1. The van der Waals surface area contributed by atoms with E-state index in [0.29, 0.717) is 18.5 Å². The standard InChI is InChI=1S/C28H28N4O2/c1-32(2)23-14-12-20(13-15-23)18-26(31-27(33)21-8-4-3-5-9-21)28(34)29-17-16-22-19-30-25-11-7-6-10-24(22)25/h3-15,18-19,30H,16-17H2,1-2H3,(H,29,34)(H,31,33)/b26-18-. The monoisotopic (exact) mass is 452 g/mol. The quantitative estimate of drug-likeness (QED) is 0.348. The number of para-hydroxylation sites is 1. The van der Waals surface area contributed by atoms with Crippen LogP contribution in [-0.4, -0.2) is 37.4 Å². The van der Waals surface area contributed by atoms with Gasteiger partial charge in [-0.15, -0.1) is 0 Å². The number of aromatic amines is 1. The Hall–Kier alpha value is -4.32. The minimum Gasteiger partial charge on any atom is -0.378 e. The molecule has 2 amide bonds. The molecule has 0 aliphatic rings. The fraction of sp³-hybridized carbons (Fsp3) is 0.143. The average molecular weight is 453 g/mol. The lowest BCUT2D eigenvalue weighted by molar-refractivity contribution is -0.117. The second kappa shape index (κ2) is 10.5. The second-order valence-corrected chi connectivity index (χ2v) is 8.23. The zero-order chi connectivity index (χ0) is 23.9. The maximum absolute atomic E-state index is 13.1. The molecule has 0 spiro atoms. The summed E-state index contributed by atoms with van der Waals surface area (Å²) in [6.07, 6.45) is 4.34. The van der Waals surface area contributed by atoms with Gasteiger partial charge in [-0.2, -0.15) is 0 Å². The molecule has 0 aliphatic carbocycles. The normalized spacial score (nSPS) is 11.3. The highest BCUT2D eigenvalue weighted by Crippen LogP contribution is 2.18. The van der Waals surface area contributed by atoms with Crippen LogP contribution in [0.4, 0.5) is 5.69 Å². The van der Waals surface area contributed by atoms with Crippen molar-refractivity contribution in [2.45, 2.75) is 6.42 Å². The molecule has 4 aromatic rings. The molecule has 6 nitrogen and oxygen atoms in total. The van der Waals surface area contributed by atoms with Crippen molar-refractivity contribution in [3.63, 3.8) is 0 Å². The molecule has 34 heavy (non-hydrogen) atoms. The highest BCUT2D eigenvalue weighted by molar-refractivity contribution is 6.05. The molecule has 0 radical (unpaired) electrons. The van der Waals surface area contributed by atoms with Gasteiger partial charge in [-0.3, -0.25) is 9.59 Å². The average Bonchev–Trinajstić information content (AvgIpc) is 3.27. The maximum atomic E-state index is 13.1. The van der Waals surface area contributed by atoms with Crippen LogP contribution in [0, 0.1) is 0 Å². The van der Waals surface area contributed by atoms with Crippen molar-refractivity contribution in [1.82, 2.24) is 15.6 Å². The Balaban J connectivity index is 1.50. The third-order valence-electron chi connectivity index (χ3n) is 5.60. The number of carbonyl (C=O) groups excluding carboxylic acids is 2. The Bertz CT molecular complexity index is 1310. The SMILES string of the molecule is CN(C)c1ccc(/C=C(\NC(=O)c2ccccc2)C(=O)NCCc2c[nH]c3ccccc23)cc1. The summed E-state index contributed by atoms with van der Waals surface area (Å²) in [5.74, 6) is -0.663. The van der Waals surface area contributed by atoms with Gasteiger partial charge >= 0.3 is 0 Å². The van der Waals surface area contributed by atoms with E-state index in [0.717, 1.165) is 27.7 Å². The largest absolute Gasteiger partial charge is 0.378 e. The Morgan fingerprint density at radius 3 is 2.35 bits per heavy atom. The lowest BCUT2D eigenvalue weighted by atomic mass is 10.1. The molecule has 3 N–H and O–H groups in total. The van der Waals surface area contributed by atoms with Gasteiger partial charge in [-0.1, -0.05) is 48.5 Å². The van der Waals surface area contributed by atoms with Gasteiger partial charge in [-0.05, 0) is 54.0 Å². The number of fused-ring (bicyclic) bond motifs is 1. The number of hydrogen-bond acceptors (Lipinski definition) is 3. The number of aromatic nitrogens is 1. The first-order chi connectivity index (χ1) is 16.5. The molecule has 0 saturated carbocycles. The maximum Gasteiger partial charge on any atom is 0.267 e. The van der Waals surface area contributed by atoms with Crippen LogP contribution < -0.4 is 15.5 Å². The fourth-order valence-electron chi connectivity index (χ4n) is 3.72. The molecule has 1 aromatic heterocycles. The molecular weight excluding hydrogens is 424 g/mol. The Morgan fingerprint density at radius 2 is 1.62 bits per heavy atom. The third kappa shape index (κ3) is 5.53. The topological polar surface area (TPSA) is 77.2 Å². The molecule has 0 saturated heterocycles. The summed E-state index contributed by atoms with van der Waals surface area (Å²) in [5, 5.41) is 6.88. The number of carbonyl (C=O) groups is 2. The first kappa shape index (κ1) is 22.9. The zero-order valence-corrected chi connectivity index (χ0v) is 19.3. The summed E-state index contributed by atoms with van der Waals surface area (Å²) in [6.45, 7) is 0.443. The molecule has 4 rings (SSSR count). The van der Waals surface area contributed by atoms with Crippen molar-refractivity contribution >= 4 is 34.5 Å². The summed E-state index contributed by atoms with van der Waals surface area (Å²) in [7, 11) is 3.94. The molecule has 3 aromatic carbocycles. The van der Waals surface area contributed by atoms with E-state index in [1.165, 1.54) is 0 Å². The second-order valence-electron chi connectivity index (χ2n) is 8.23. The summed E-state index contributed by atoms with van der Waals surface area (Å²) in [4.78, 5) is 31.1. The van der Waals surface area contributed by atoms with E-state index in [4.69, 9.17) is 0 Å². The predicted molar refractivity (Wildman–Crippen MR) is 138 cm³/mol. The molecule has 0 bridgehead atoms. The molecule has 1 heterocycles. The third-order valence-corrected chi connectivity index (χ3v) is 5.60. The predicted octanol–water partition coefficient (Wildman–Crippen LogP) is 4.36. The van der Waals surface area contributed by atoms with E-state index in [1.54, 1.807) is 30.3 Å². The van der Waals surface area contributed by atoms with Crippen molar-refractivity contribution in [3.8, 4) is 0 Å². The van der Waals surface area contributed by atoms with Gasteiger partial charge in [0, 0.05) is 49.0 Å². The molecule has 0 unspecified atom stereocenters. The molecule has 0 fully saturated rings. The van der Waals surface area contributed by atoms with Crippen LogP contribution in [0.5, 0.6) is 0 Å². The number of nitrogens with one attached hydrogen (secondary N) is 3. The number of anilines is 1. The molecule has 6 heteroatoms. The van der Waals surface area contributed by atoms with Gasteiger partial charge in [0.15, 0.2) is 0 Å². The van der Waals surface area contributed by atoms with Gasteiger partial charge in [0.1, 0.15) is 5.70 Å². The van der Waals surface area contributed by atoms with Crippen LogP contribution in [0.3, 0.4) is 0 Å². The molecule has 172 valence electrons.